The normalized spacial score (nSPS) is 18.5. The van der Waals surface area contributed by atoms with Gasteiger partial charge in [-0.3, -0.25) is 4.99 Å². The molecule has 1 aliphatic heterocycles. The standard InChI is InChI=1S/C18H31N5/c1-4-19-18(20-12-14-22(3)5-2)21-16-11-13-23(15-16)17-9-7-6-8-10-17/h6-10,16H,4-5,11-15H2,1-3H3,(H2,19,20,21). The van der Waals surface area contributed by atoms with Crippen LogP contribution in [0.3, 0.4) is 0 Å². The minimum atomic E-state index is 0.455. The van der Waals surface area contributed by atoms with Crippen LogP contribution in [-0.2, 0) is 0 Å². The number of hydrogen-bond donors (Lipinski definition) is 2. The van der Waals surface area contributed by atoms with E-state index in [2.05, 4.69) is 71.7 Å². The Morgan fingerprint density at radius 3 is 2.78 bits per heavy atom. The number of anilines is 1. The highest BCUT2D eigenvalue weighted by Gasteiger charge is 2.23. The summed E-state index contributed by atoms with van der Waals surface area (Å²) in [6, 6.07) is 11.1. The Labute approximate surface area is 140 Å². The van der Waals surface area contributed by atoms with Crippen LogP contribution in [0.15, 0.2) is 35.3 Å². The SMILES string of the molecule is CCNC(=NCCN(C)CC)NC1CCN(c2ccccc2)C1. The lowest BCUT2D eigenvalue weighted by Crippen LogP contribution is -2.45. The second kappa shape index (κ2) is 9.40. The highest BCUT2D eigenvalue weighted by molar-refractivity contribution is 5.80. The first-order valence-corrected chi connectivity index (χ1v) is 8.76. The minimum absolute atomic E-state index is 0.455. The monoisotopic (exact) mass is 317 g/mol. The number of para-hydroxylation sites is 1. The summed E-state index contributed by atoms with van der Waals surface area (Å²) in [5.74, 6) is 0.942. The molecule has 2 rings (SSSR count). The first-order valence-electron chi connectivity index (χ1n) is 8.76. The molecule has 1 unspecified atom stereocenters. The lowest BCUT2D eigenvalue weighted by Gasteiger charge is -2.20. The second-order valence-corrected chi connectivity index (χ2v) is 6.07. The van der Waals surface area contributed by atoms with Crippen LogP contribution in [0.5, 0.6) is 0 Å². The number of likely N-dealkylation sites (N-methyl/N-ethyl adjacent to an activating group) is 1. The largest absolute Gasteiger partial charge is 0.369 e. The van der Waals surface area contributed by atoms with E-state index in [9.17, 15) is 0 Å². The highest BCUT2D eigenvalue weighted by Crippen LogP contribution is 2.19. The van der Waals surface area contributed by atoms with Gasteiger partial charge in [0, 0.05) is 37.9 Å². The summed E-state index contributed by atoms with van der Waals surface area (Å²) in [6.07, 6.45) is 1.15. The summed E-state index contributed by atoms with van der Waals surface area (Å²) in [4.78, 5) is 9.41. The fraction of sp³-hybridized carbons (Fsp3) is 0.611. The third-order valence-electron chi connectivity index (χ3n) is 4.29. The molecule has 1 atom stereocenters. The molecule has 128 valence electrons. The lowest BCUT2D eigenvalue weighted by atomic mass is 10.3. The number of rotatable bonds is 7. The summed E-state index contributed by atoms with van der Waals surface area (Å²) in [5, 5.41) is 6.94. The second-order valence-electron chi connectivity index (χ2n) is 6.07. The van der Waals surface area contributed by atoms with Gasteiger partial charge in [-0.2, -0.15) is 0 Å². The molecule has 1 aliphatic rings. The minimum Gasteiger partial charge on any atom is -0.369 e. The Balaban J connectivity index is 1.84. The van der Waals surface area contributed by atoms with E-state index < -0.39 is 0 Å². The molecule has 1 saturated heterocycles. The molecule has 5 nitrogen and oxygen atoms in total. The van der Waals surface area contributed by atoms with Gasteiger partial charge in [0.05, 0.1) is 6.54 Å². The van der Waals surface area contributed by atoms with E-state index in [0.29, 0.717) is 6.04 Å². The van der Waals surface area contributed by atoms with E-state index in [1.165, 1.54) is 5.69 Å². The van der Waals surface area contributed by atoms with Crippen molar-refractivity contribution in [1.29, 1.82) is 0 Å². The van der Waals surface area contributed by atoms with E-state index in [-0.39, 0.29) is 0 Å². The fourth-order valence-corrected chi connectivity index (χ4v) is 2.76. The van der Waals surface area contributed by atoms with Gasteiger partial charge in [0.15, 0.2) is 5.96 Å². The predicted octanol–water partition coefficient (Wildman–Crippen LogP) is 1.77. The van der Waals surface area contributed by atoms with Crippen LogP contribution in [0.4, 0.5) is 5.69 Å². The first-order chi connectivity index (χ1) is 11.2. The van der Waals surface area contributed by atoms with Crippen molar-refractivity contribution in [3.05, 3.63) is 30.3 Å². The van der Waals surface area contributed by atoms with Crippen molar-refractivity contribution in [2.24, 2.45) is 4.99 Å². The molecular weight excluding hydrogens is 286 g/mol. The van der Waals surface area contributed by atoms with Gasteiger partial charge in [0.2, 0.25) is 0 Å². The van der Waals surface area contributed by atoms with Crippen molar-refractivity contribution in [3.8, 4) is 0 Å². The molecule has 0 radical (unpaired) electrons. The number of guanidine groups is 1. The van der Waals surface area contributed by atoms with Crippen molar-refractivity contribution in [2.45, 2.75) is 26.3 Å². The van der Waals surface area contributed by atoms with E-state index in [0.717, 1.165) is 51.6 Å². The molecule has 1 fully saturated rings. The third kappa shape index (κ3) is 5.75. The Morgan fingerprint density at radius 2 is 2.09 bits per heavy atom. The van der Waals surface area contributed by atoms with Crippen LogP contribution in [0, 0.1) is 0 Å². The van der Waals surface area contributed by atoms with Crippen LogP contribution in [0.2, 0.25) is 0 Å². The van der Waals surface area contributed by atoms with Gasteiger partial charge < -0.3 is 20.4 Å². The zero-order chi connectivity index (χ0) is 16.5. The van der Waals surface area contributed by atoms with Crippen molar-refractivity contribution < 1.29 is 0 Å². The fourth-order valence-electron chi connectivity index (χ4n) is 2.76. The van der Waals surface area contributed by atoms with Gasteiger partial charge in [0.25, 0.3) is 0 Å². The van der Waals surface area contributed by atoms with E-state index >= 15 is 0 Å². The Morgan fingerprint density at radius 1 is 1.30 bits per heavy atom. The summed E-state index contributed by atoms with van der Waals surface area (Å²) < 4.78 is 0. The smallest absolute Gasteiger partial charge is 0.191 e. The highest BCUT2D eigenvalue weighted by atomic mass is 15.2. The molecule has 0 amide bonds. The molecule has 2 N–H and O–H groups in total. The van der Waals surface area contributed by atoms with Crippen LogP contribution >= 0.6 is 0 Å². The average molecular weight is 317 g/mol. The summed E-state index contributed by atoms with van der Waals surface area (Å²) in [6.45, 7) is 10.2. The maximum absolute atomic E-state index is 4.70. The summed E-state index contributed by atoms with van der Waals surface area (Å²) in [7, 11) is 2.13. The number of hydrogen-bond acceptors (Lipinski definition) is 3. The Hall–Kier alpha value is -1.75. The molecule has 0 aromatic heterocycles. The van der Waals surface area contributed by atoms with Gasteiger partial charge >= 0.3 is 0 Å². The topological polar surface area (TPSA) is 42.9 Å². The molecule has 1 aromatic carbocycles. The quantitative estimate of drug-likeness (QED) is 0.594. The van der Waals surface area contributed by atoms with Crippen molar-refractivity contribution in [1.82, 2.24) is 15.5 Å². The van der Waals surface area contributed by atoms with Crippen LogP contribution < -0.4 is 15.5 Å². The first kappa shape index (κ1) is 17.6. The molecule has 5 heteroatoms. The molecule has 0 aliphatic carbocycles. The summed E-state index contributed by atoms with van der Waals surface area (Å²) in [5.41, 5.74) is 1.31. The van der Waals surface area contributed by atoms with E-state index in [4.69, 9.17) is 4.99 Å². The van der Waals surface area contributed by atoms with Crippen molar-refractivity contribution >= 4 is 11.6 Å². The Kier molecular flexibility index (Phi) is 7.20. The zero-order valence-corrected chi connectivity index (χ0v) is 14.8. The van der Waals surface area contributed by atoms with Gasteiger partial charge in [-0.25, -0.2) is 0 Å². The van der Waals surface area contributed by atoms with Crippen LogP contribution in [0.1, 0.15) is 20.3 Å². The lowest BCUT2D eigenvalue weighted by molar-refractivity contribution is 0.363. The molecule has 1 heterocycles. The average Bonchev–Trinajstić information content (AvgIpc) is 3.04. The predicted molar refractivity (Wildman–Crippen MR) is 99.3 cm³/mol. The van der Waals surface area contributed by atoms with Crippen molar-refractivity contribution in [3.63, 3.8) is 0 Å². The van der Waals surface area contributed by atoms with E-state index in [1.54, 1.807) is 0 Å². The number of aliphatic imine (C=N–C) groups is 1. The van der Waals surface area contributed by atoms with Gasteiger partial charge in [-0.15, -0.1) is 0 Å². The maximum atomic E-state index is 4.70. The van der Waals surface area contributed by atoms with Crippen molar-refractivity contribution in [2.75, 3.05) is 51.2 Å². The molecule has 23 heavy (non-hydrogen) atoms. The molecule has 0 bridgehead atoms. The maximum Gasteiger partial charge on any atom is 0.191 e. The van der Waals surface area contributed by atoms with Crippen LogP contribution in [0.25, 0.3) is 0 Å². The number of nitrogens with zero attached hydrogens (tertiary/aromatic N) is 3. The zero-order valence-electron chi connectivity index (χ0n) is 14.8. The molecule has 1 aromatic rings. The summed E-state index contributed by atoms with van der Waals surface area (Å²) >= 11 is 0. The molecular formula is C18H31N5. The molecule has 0 saturated carbocycles. The molecule has 0 spiro atoms. The number of benzene rings is 1. The van der Waals surface area contributed by atoms with Gasteiger partial charge in [0.1, 0.15) is 0 Å². The van der Waals surface area contributed by atoms with Crippen LogP contribution in [-0.4, -0.2) is 63.2 Å². The number of nitrogens with one attached hydrogen (secondary N) is 2. The van der Waals surface area contributed by atoms with Gasteiger partial charge in [-0.05, 0) is 39.1 Å². The Bertz CT molecular complexity index is 474. The van der Waals surface area contributed by atoms with Gasteiger partial charge in [-0.1, -0.05) is 25.1 Å². The third-order valence-corrected chi connectivity index (χ3v) is 4.29. The van der Waals surface area contributed by atoms with E-state index in [1.807, 2.05) is 0 Å².